The third kappa shape index (κ3) is 3.13. The Labute approximate surface area is 174 Å². The number of ether oxygens (including phenoxy) is 2. The van der Waals surface area contributed by atoms with Gasteiger partial charge in [-0.15, -0.1) is 0 Å². The Hall–Kier alpha value is -1.75. The average Bonchev–Trinajstić information content (AvgIpc) is 3.42. The summed E-state index contributed by atoms with van der Waals surface area (Å²) >= 11 is 0. The van der Waals surface area contributed by atoms with Crippen LogP contribution in [0.3, 0.4) is 0 Å². The second-order valence-electron chi connectivity index (χ2n) is 9.81. The van der Waals surface area contributed by atoms with Crippen molar-refractivity contribution in [3.63, 3.8) is 0 Å². The molecule has 4 atom stereocenters. The van der Waals surface area contributed by atoms with Gasteiger partial charge in [0.25, 0.3) is 0 Å². The van der Waals surface area contributed by atoms with Crippen LogP contribution in [0.15, 0.2) is 12.1 Å². The first-order chi connectivity index (χ1) is 14.0. The van der Waals surface area contributed by atoms with Gasteiger partial charge in [0.05, 0.1) is 20.3 Å². The monoisotopic (exact) mass is 398 g/mol. The molecular weight excluding hydrogens is 364 g/mol. The van der Waals surface area contributed by atoms with Crippen LogP contribution in [0.4, 0.5) is 0 Å². The number of rotatable bonds is 4. The molecule has 1 heterocycles. The minimum absolute atomic E-state index is 0.0344. The Bertz CT molecular complexity index is 800. The number of methoxy groups -OCH3 is 2. The summed E-state index contributed by atoms with van der Waals surface area (Å²) in [5.41, 5.74) is 2.71. The zero-order chi connectivity index (χ0) is 20.2. The minimum Gasteiger partial charge on any atom is -0.493 e. The van der Waals surface area contributed by atoms with Crippen LogP contribution in [0.25, 0.3) is 0 Å². The summed E-state index contributed by atoms with van der Waals surface area (Å²) < 4.78 is 11.2. The number of hydrogen-bond acceptors (Lipinski definition) is 4. The van der Waals surface area contributed by atoms with E-state index in [0.717, 1.165) is 35.8 Å². The summed E-state index contributed by atoms with van der Waals surface area (Å²) in [6.07, 6.45) is 9.12. The lowest BCUT2D eigenvalue weighted by Gasteiger charge is -2.44. The lowest BCUT2D eigenvalue weighted by atomic mass is 9.73. The first kappa shape index (κ1) is 19.2. The van der Waals surface area contributed by atoms with E-state index in [1.807, 2.05) is 0 Å². The van der Waals surface area contributed by atoms with Crippen molar-refractivity contribution in [1.29, 1.82) is 0 Å². The van der Waals surface area contributed by atoms with Crippen molar-refractivity contribution >= 4 is 5.91 Å². The van der Waals surface area contributed by atoms with Crippen molar-refractivity contribution in [3.8, 4) is 11.5 Å². The second-order valence-corrected chi connectivity index (χ2v) is 9.81. The summed E-state index contributed by atoms with van der Waals surface area (Å²) in [6.45, 7) is 3.96. The quantitative estimate of drug-likeness (QED) is 0.838. The van der Waals surface area contributed by atoms with Crippen molar-refractivity contribution < 1.29 is 14.3 Å². The first-order valence-corrected chi connectivity index (χ1v) is 11.3. The molecule has 1 aromatic rings. The standard InChI is InChI=1S/C24H34N2O3/c1-15(27)25-20-14-24(19-13-23(29-3)22(28-2)12-18(19)20)6-8-26(9-7-24)21-11-16-4-5-17(21)10-16/h12-13,16-17,20-21H,4-11,14H2,1-3H3,(H,25,27)/t16-,17+,20-,21-/m0/s1. The van der Waals surface area contributed by atoms with Crippen LogP contribution in [-0.2, 0) is 10.2 Å². The van der Waals surface area contributed by atoms with Gasteiger partial charge in [0.1, 0.15) is 0 Å². The van der Waals surface area contributed by atoms with Crippen LogP contribution in [0, 0.1) is 11.8 Å². The van der Waals surface area contributed by atoms with E-state index in [0.29, 0.717) is 0 Å². The Kier molecular flexibility index (Phi) is 4.77. The molecule has 158 valence electrons. The van der Waals surface area contributed by atoms with Crippen LogP contribution < -0.4 is 14.8 Å². The molecule has 1 N–H and O–H groups in total. The normalized spacial score (nSPS) is 32.4. The van der Waals surface area contributed by atoms with Gasteiger partial charge in [0.15, 0.2) is 11.5 Å². The molecule has 1 amide bonds. The van der Waals surface area contributed by atoms with Crippen LogP contribution in [0.5, 0.6) is 11.5 Å². The summed E-state index contributed by atoms with van der Waals surface area (Å²) in [7, 11) is 3.38. The zero-order valence-electron chi connectivity index (χ0n) is 18.0. The molecule has 1 aromatic carbocycles. The maximum Gasteiger partial charge on any atom is 0.217 e. The van der Waals surface area contributed by atoms with Gasteiger partial charge in [-0.3, -0.25) is 4.79 Å². The van der Waals surface area contributed by atoms with E-state index < -0.39 is 0 Å². The van der Waals surface area contributed by atoms with Crippen molar-refractivity contribution in [1.82, 2.24) is 10.2 Å². The van der Waals surface area contributed by atoms with Gasteiger partial charge in [-0.25, -0.2) is 0 Å². The third-order valence-electron chi connectivity index (χ3n) is 8.40. The van der Waals surface area contributed by atoms with Crippen LogP contribution in [-0.4, -0.2) is 44.2 Å². The summed E-state index contributed by atoms with van der Waals surface area (Å²) in [5, 5.41) is 3.20. The van der Waals surface area contributed by atoms with Gasteiger partial charge in [0, 0.05) is 18.4 Å². The highest BCUT2D eigenvalue weighted by atomic mass is 16.5. The molecule has 0 unspecified atom stereocenters. The van der Waals surface area contributed by atoms with Gasteiger partial charge < -0.3 is 19.7 Å². The number of amides is 1. The van der Waals surface area contributed by atoms with E-state index >= 15 is 0 Å². The SMILES string of the molecule is COc1cc2c(cc1OC)C1(CCN([C@H]3C[C@H]4CC[C@@H]3C4)CC1)C[C@@H]2NC(C)=O. The third-order valence-corrected chi connectivity index (χ3v) is 8.40. The van der Waals surface area contributed by atoms with E-state index in [9.17, 15) is 4.79 Å². The highest BCUT2D eigenvalue weighted by molar-refractivity contribution is 5.74. The number of fused-ring (bicyclic) bond motifs is 4. The molecule has 4 aliphatic rings. The van der Waals surface area contributed by atoms with Crippen molar-refractivity contribution in [2.45, 2.75) is 69.4 Å². The van der Waals surface area contributed by atoms with Crippen LogP contribution in [0.1, 0.15) is 69.0 Å². The molecule has 3 aliphatic carbocycles. The highest BCUT2D eigenvalue weighted by Crippen LogP contribution is 2.55. The summed E-state index contributed by atoms with van der Waals surface area (Å²) in [6, 6.07) is 5.16. The largest absolute Gasteiger partial charge is 0.493 e. The van der Waals surface area contributed by atoms with Gasteiger partial charge >= 0.3 is 0 Å². The molecule has 3 fully saturated rings. The molecule has 5 rings (SSSR count). The zero-order valence-corrected chi connectivity index (χ0v) is 18.0. The smallest absolute Gasteiger partial charge is 0.217 e. The number of carbonyl (C=O) groups is 1. The van der Waals surface area contributed by atoms with Crippen molar-refractivity contribution in [2.75, 3.05) is 27.3 Å². The minimum atomic E-state index is 0.0344. The fourth-order valence-corrected chi connectivity index (χ4v) is 7.04. The van der Waals surface area contributed by atoms with Gasteiger partial charge in [-0.05, 0) is 86.7 Å². The summed E-state index contributed by atoms with van der Waals surface area (Å²) in [4.78, 5) is 14.7. The molecule has 1 spiro atoms. The Morgan fingerprint density at radius 3 is 2.41 bits per heavy atom. The second kappa shape index (κ2) is 7.19. The molecule has 0 aromatic heterocycles. The van der Waals surface area contributed by atoms with E-state index in [4.69, 9.17) is 9.47 Å². The highest BCUT2D eigenvalue weighted by Gasteiger charge is 2.49. The number of hydrogen-bond donors (Lipinski definition) is 1. The molecule has 2 bridgehead atoms. The lowest BCUT2D eigenvalue weighted by Crippen LogP contribution is -2.48. The Morgan fingerprint density at radius 1 is 1.10 bits per heavy atom. The molecular formula is C24H34N2O3. The van der Waals surface area contributed by atoms with Gasteiger partial charge in [-0.2, -0.15) is 0 Å². The number of piperidine rings is 1. The molecule has 1 saturated heterocycles. The maximum atomic E-state index is 11.9. The Morgan fingerprint density at radius 2 is 1.83 bits per heavy atom. The topological polar surface area (TPSA) is 50.8 Å². The molecule has 2 saturated carbocycles. The first-order valence-electron chi connectivity index (χ1n) is 11.3. The molecule has 1 aliphatic heterocycles. The molecule has 5 nitrogen and oxygen atoms in total. The van der Waals surface area contributed by atoms with E-state index in [-0.39, 0.29) is 17.4 Å². The van der Waals surface area contributed by atoms with Gasteiger partial charge in [-0.1, -0.05) is 6.42 Å². The van der Waals surface area contributed by atoms with Crippen LogP contribution in [0.2, 0.25) is 0 Å². The molecule has 5 heteroatoms. The van der Waals surface area contributed by atoms with E-state index in [1.165, 1.54) is 62.7 Å². The number of benzene rings is 1. The molecule has 29 heavy (non-hydrogen) atoms. The predicted octanol–water partition coefficient (Wildman–Crippen LogP) is 3.81. The van der Waals surface area contributed by atoms with Gasteiger partial charge in [0.2, 0.25) is 5.91 Å². The average molecular weight is 399 g/mol. The Balaban J connectivity index is 1.41. The van der Waals surface area contributed by atoms with E-state index in [1.54, 1.807) is 21.1 Å². The fraction of sp³-hybridized carbons (Fsp3) is 0.708. The predicted molar refractivity (Wildman–Crippen MR) is 112 cm³/mol. The van der Waals surface area contributed by atoms with Crippen molar-refractivity contribution in [2.24, 2.45) is 11.8 Å². The lowest BCUT2D eigenvalue weighted by molar-refractivity contribution is -0.119. The molecule has 0 radical (unpaired) electrons. The number of likely N-dealkylation sites (tertiary alicyclic amines) is 1. The number of nitrogens with one attached hydrogen (secondary N) is 1. The number of nitrogens with zero attached hydrogens (tertiary/aromatic N) is 1. The van der Waals surface area contributed by atoms with E-state index in [2.05, 4.69) is 22.3 Å². The summed E-state index contributed by atoms with van der Waals surface area (Å²) in [5.74, 6) is 3.52. The van der Waals surface area contributed by atoms with Crippen molar-refractivity contribution in [3.05, 3.63) is 23.3 Å². The number of carbonyl (C=O) groups excluding carboxylic acids is 1. The fourth-order valence-electron chi connectivity index (χ4n) is 7.04. The maximum absolute atomic E-state index is 11.9. The van der Waals surface area contributed by atoms with Crippen LogP contribution >= 0.6 is 0 Å².